The van der Waals surface area contributed by atoms with Gasteiger partial charge in [0.2, 0.25) is 11.8 Å². The van der Waals surface area contributed by atoms with E-state index in [9.17, 15) is 14.7 Å². The van der Waals surface area contributed by atoms with Gasteiger partial charge in [0.25, 0.3) is 0 Å². The molecule has 7 nitrogen and oxygen atoms in total. The van der Waals surface area contributed by atoms with Crippen molar-refractivity contribution in [2.75, 3.05) is 19.8 Å². The van der Waals surface area contributed by atoms with Gasteiger partial charge in [-0.15, -0.1) is 0 Å². The molecule has 1 saturated heterocycles. The monoisotopic (exact) mass is 402 g/mol. The first-order valence-electron chi connectivity index (χ1n) is 10.2. The number of aliphatic hydroxyl groups excluding tert-OH is 1. The van der Waals surface area contributed by atoms with E-state index >= 15 is 0 Å². The molecule has 1 aromatic rings. The standard InChI is InChI=1S/C22H30N2O5/c1-15(16-5-3-2-4-6-16)23-21(26)13-18-7-8-19(20(14-25)29-18)24-22(27)17-9-11-28-12-10-17/h2-8,15,17-20,25H,9-14H2,1H3,(H,23,26)(H,24,27)/t15-,18+,19+,20+/m1/s1. The van der Waals surface area contributed by atoms with Crippen LogP contribution in [0.2, 0.25) is 0 Å². The van der Waals surface area contributed by atoms with Crippen LogP contribution in [0, 0.1) is 5.92 Å². The summed E-state index contributed by atoms with van der Waals surface area (Å²) in [6, 6.07) is 9.24. The van der Waals surface area contributed by atoms with Gasteiger partial charge in [0.1, 0.15) is 6.10 Å². The van der Waals surface area contributed by atoms with E-state index in [1.165, 1.54) is 0 Å². The highest BCUT2D eigenvalue weighted by Crippen LogP contribution is 2.19. The molecule has 4 atom stereocenters. The minimum absolute atomic E-state index is 0.0436. The first kappa shape index (κ1) is 21.5. The maximum atomic E-state index is 12.4. The van der Waals surface area contributed by atoms with Crippen LogP contribution in [0.15, 0.2) is 42.5 Å². The summed E-state index contributed by atoms with van der Waals surface area (Å²) in [6.45, 7) is 2.89. The molecule has 0 spiro atoms. The van der Waals surface area contributed by atoms with Gasteiger partial charge in [0, 0.05) is 19.1 Å². The Morgan fingerprint density at radius 1 is 1.17 bits per heavy atom. The Kier molecular flexibility index (Phi) is 7.80. The number of hydrogen-bond acceptors (Lipinski definition) is 5. The number of ether oxygens (including phenoxy) is 2. The fourth-order valence-electron chi connectivity index (χ4n) is 3.69. The Bertz CT molecular complexity index is 702. The maximum absolute atomic E-state index is 12.4. The van der Waals surface area contributed by atoms with E-state index in [4.69, 9.17) is 9.47 Å². The summed E-state index contributed by atoms with van der Waals surface area (Å²) in [6.07, 6.45) is 4.16. The summed E-state index contributed by atoms with van der Waals surface area (Å²) < 4.78 is 11.1. The van der Waals surface area contributed by atoms with E-state index in [1.807, 2.05) is 43.3 Å². The molecule has 0 bridgehead atoms. The third-order valence-electron chi connectivity index (χ3n) is 5.43. The lowest BCUT2D eigenvalue weighted by atomic mass is 9.97. The van der Waals surface area contributed by atoms with E-state index in [-0.39, 0.29) is 36.8 Å². The third kappa shape index (κ3) is 6.13. The molecule has 0 unspecified atom stereocenters. The van der Waals surface area contributed by atoms with E-state index in [0.29, 0.717) is 26.1 Å². The second-order valence-electron chi connectivity index (χ2n) is 7.61. The van der Waals surface area contributed by atoms with E-state index in [1.54, 1.807) is 6.08 Å². The second kappa shape index (κ2) is 10.5. The Labute approximate surface area is 171 Å². The first-order chi connectivity index (χ1) is 14.1. The number of carbonyl (C=O) groups excluding carboxylic acids is 2. The quantitative estimate of drug-likeness (QED) is 0.601. The number of rotatable bonds is 7. The lowest BCUT2D eigenvalue weighted by Crippen LogP contribution is -2.51. The number of nitrogens with one attached hydrogen (secondary N) is 2. The minimum atomic E-state index is -0.576. The van der Waals surface area contributed by atoms with Crippen molar-refractivity contribution in [3.8, 4) is 0 Å². The third-order valence-corrected chi connectivity index (χ3v) is 5.43. The summed E-state index contributed by atoms with van der Waals surface area (Å²) in [5, 5.41) is 15.6. The molecule has 2 aliphatic rings. The average Bonchev–Trinajstić information content (AvgIpc) is 2.75. The molecule has 3 rings (SSSR count). The maximum Gasteiger partial charge on any atom is 0.223 e. The van der Waals surface area contributed by atoms with Crippen molar-refractivity contribution in [1.29, 1.82) is 0 Å². The number of carbonyl (C=O) groups is 2. The van der Waals surface area contributed by atoms with Gasteiger partial charge in [0.05, 0.1) is 31.2 Å². The number of aliphatic hydroxyl groups is 1. The molecular formula is C22H30N2O5. The Balaban J connectivity index is 1.51. The van der Waals surface area contributed by atoms with Crippen molar-refractivity contribution in [1.82, 2.24) is 10.6 Å². The van der Waals surface area contributed by atoms with Crippen LogP contribution >= 0.6 is 0 Å². The topological polar surface area (TPSA) is 96.9 Å². The highest BCUT2D eigenvalue weighted by atomic mass is 16.5. The molecule has 0 aliphatic carbocycles. The molecular weight excluding hydrogens is 372 g/mol. The molecule has 1 aromatic carbocycles. The van der Waals surface area contributed by atoms with E-state index < -0.39 is 18.2 Å². The van der Waals surface area contributed by atoms with Gasteiger partial charge in [-0.25, -0.2) is 0 Å². The summed E-state index contributed by atoms with van der Waals surface area (Å²) >= 11 is 0. The molecule has 3 N–H and O–H groups in total. The van der Waals surface area contributed by atoms with Gasteiger partial charge in [-0.2, -0.15) is 0 Å². The lowest BCUT2D eigenvalue weighted by Gasteiger charge is -2.33. The fourth-order valence-corrected chi connectivity index (χ4v) is 3.69. The smallest absolute Gasteiger partial charge is 0.223 e. The zero-order valence-corrected chi connectivity index (χ0v) is 16.8. The molecule has 1 fully saturated rings. The van der Waals surface area contributed by atoms with Crippen LogP contribution in [-0.2, 0) is 19.1 Å². The van der Waals surface area contributed by atoms with Crippen molar-refractivity contribution < 1.29 is 24.2 Å². The van der Waals surface area contributed by atoms with Crippen molar-refractivity contribution in [3.05, 3.63) is 48.0 Å². The molecule has 158 valence electrons. The molecule has 29 heavy (non-hydrogen) atoms. The fraction of sp³-hybridized carbons (Fsp3) is 0.545. The Hall–Kier alpha value is -2.22. The van der Waals surface area contributed by atoms with Gasteiger partial charge in [-0.05, 0) is 25.3 Å². The van der Waals surface area contributed by atoms with E-state index in [2.05, 4.69) is 10.6 Å². The molecule has 7 heteroatoms. The predicted molar refractivity (Wildman–Crippen MR) is 108 cm³/mol. The molecule has 2 aliphatic heterocycles. The van der Waals surface area contributed by atoms with Crippen LogP contribution in [0.4, 0.5) is 0 Å². The molecule has 2 heterocycles. The van der Waals surface area contributed by atoms with Gasteiger partial charge in [0.15, 0.2) is 0 Å². The van der Waals surface area contributed by atoms with Gasteiger partial charge in [-0.3, -0.25) is 9.59 Å². The van der Waals surface area contributed by atoms with Crippen molar-refractivity contribution >= 4 is 11.8 Å². The zero-order chi connectivity index (χ0) is 20.6. The number of benzene rings is 1. The van der Waals surface area contributed by atoms with Gasteiger partial charge < -0.3 is 25.2 Å². The normalized spacial score (nSPS) is 25.9. The minimum Gasteiger partial charge on any atom is -0.394 e. The summed E-state index contributed by atoms with van der Waals surface area (Å²) in [5.41, 5.74) is 1.03. The van der Waals surface area contributed by atoms with Crippen LogP contribution in [0.25, 0.3) is 0 Å². The zero-order valence-electron chi connectivity index (χ0n) is 16.8. The van der Waals surface area contributed by atoms with Crippen molar-refractivity contribution in [3.63, 3.8) is 0 Å². The van der Waals surface area contributed by atoms with Gasteiger partial charge in [-0.1, -0.05) is 42.5 Å². The van der Waals surface area contributed by atoms with Crippen molar-refractivity contribution in [2.24, 2.45) is 5.92 Å². The molecule has 0 aromatic heterocycles. The largest absolute Gasteiger partial charge is 0.394 e. The highest BCUT2D eigenvalue weighted by Gasteiger charge is 2.31. The van der Waals surface area contributed by atoms with Crippen LogP contribution in [0.1, 0.15) is 37.8 Å². The van der Waals surface area contributed by atoms with Gasteiger partial charge >= 0.3 is 0 Å². The second-order valence-corrected chi connectivity index (χ2v) is 7.61. The van der Waals surface area contributed by atoms with Crippen molar-refractivity contribution in [2.45, 2.75) is 50.5 Å². The van der Waals surface area contributed by atoms with Crippen LogP contribution in [0.3, 0.4) is 0 Å². The average molecular weight is 402 g/mol. The molecule has 0 saturated carbocycles. The summed E-state index contributed by atoms with van der Waals surface area (Å²) in [5.74, 6) is -0.241. The van der Waals surface area contributed by atoms with Crippen LogP contribution in [0.5, 0.6) is 0 Å². The SMILES string of the molecule is C[C@@H](NC(=O)C[C@@H]1C=C[C@H](NC(=O)C2CCOCC2)[C@H](CO)O1)c1ccccc1. The highest BCUT2D eigenvalue weighted by molar-refractivity contribution is 5.79. The Morgan fingerprint density at radius 3 is 2.59 bits per heavy atom. The first-order valence-corrected chi connectivity index (χ1v) is 10.2. The van der Waals surface area contributed by atoms with Crippen LogP contribution < -0.4 is 10.6 Å². The molecule has 0 radical (unpaired) electrons. The number of hydrogen-bond donors (Lipinski definition) is 3. The summed E-state index contributed by atoms with van der Waals surface area (Å²) in [4.78, 5) is 24.8. The molecule has 2 amide bonds. The van der Waals surface area contributed by atoms with Crippen LogP contribution in [-0.4, -0.2) is 55.0 Å². The lowest BCUT2D eigenvalue weighted by molar-refractivity contribution is -0.132. The van der Waals surface area contributed by atoms with E-state index in [0.717, 1.165) is 5.56 Å². The summed E-state index contributed by atoms with van der Waals surface area (Å²) in [7, 11) is 0. The predicted octanol–water partition coefficient (Wildman–Crippen LogP) is 1.48. The Morgan fingerprint density at radius 2 is 1.90 bits per heavy atom. The number of amides is 2.